The summed E-state index contributed by atoms with van der Waals surface area (Å²) in [5.41, 5.74) is 2.24. The Balaban J connectivity index is 2.00. The number of hydrogen-bond acceptors (Lipinski definition) is 1. The average molecular weight is 370 g/mol. The summed E-state index contributed by atoms with van der Waals surface area (Å²) in [4.78, 5) is 14.0. The molecule has 1 saturated heterocycles. The van der Waals surface area contributed by atoms with Crippen molar-refractivity contribution in [3.05, 3.63) is 119 Å². The van der Waals surface area contributed by atoms with Crippen LogP contribution in [0, 0.1) is 0 Å². The number of allylic oxidation sites excluding steroid dienone is 2. The van der Waals surface area contributed by atoms with Gasteiger partial charge >= 0.3 is 0 Å². The Morgan fingerprint density at radius 2 is 1.19 bits per heavy atom. The maximum Gasteiger partial charge on any atom is 0.175 e. The van der Waals surface area contributed by atoms with E-state index in [9.17, 15) is 4.79 Å². The van der Waals surface area contributed by atoms with Gasteiger partial charge in [-0.15, -0.1) is 0 Å². The molecule has 1 unspecified atom stereocenters. The van der Waals surface area contributed by atoms with E-state index >= 15 is 0 Å². The van der Waals surface area contributed by atoms with Crippen molar-refractivity contribution in [2.45, 2.75) is 18.3 Å². The molecule has 0 aliphatic carbocycles. The van der Waals surface area contributed by atoms with Gasteiger partial charge in [0.25, 0.3) is 0 Å². The maximum atomic E-state index is 14.0. The second-order valence-electron chi connectivity index (χ2n) is 6.91. The Morgan fingerprint density at radius 3 is 1.56 bits per heavy atom. The predicted octanol–water partition coefficient (Wildman–Crippen LogP) is 5.95. The Labute approximate surface area is 162 Å². The minimum Gasteiger partial charge on any atom is -0.293 e. The number of rotatable bonds is 5. The van der Waals surface area contributed by atoms with Crippen LogP contribution in [0.4, 0.5) is 0 Å². The molecule has 2 heteroatoms. The minimum atomic E-state index is -0.816. The molecular weight excluding hydrogens is 347 g/mol. The fourth-order valence-electron chi connectivity index (χ4n) is 4.00. The highest BCUT2D eigenvalue weighted by atomic mass is 31.1. The molecule has 134 valence electrons. The molecule has 4 rings (SSSR count). The summed E-state index contributed by atoms with van der Waals surface area (Å²) < 4.78 is 0. The molecule has 1 atom stereocenters. The molecule has 0 radical (unpaired) electrons. The van der Waals surface area contributed by atoms with Crippen LogP contribution >= 0.6 is 8.58 Å². The summed E-state index contributed by atoms with van der Waals surface area (Å²) in [6, 6.07) is 30.6. The van der Waals surface area contributed by atoms with Crippen LogP contribution in [0.5, 0.6) is 0 Å². The molecule has 1 fully saturated rings. The number of benzene rings is 3. The number of carbonyl (C=O) groups is 1. The van der Waals surface area contributed by atoms with Crippen molar-refractivity contribution in [1.82, 2.24) is 0 Å². The molecule has 0 amide bonds. The third-order valence-electron chi connectivity index (χ3n) is 5.27. The van der Waals surface area contributed by atoms with Gasteiger partial charge in [-0.2, -0.15) is 0 Å². The van der Waals surface area contributed by atoms with Gasteiger partial charge in [0.1, 0.15) is 5.41 Å². The van der Waals surface area contributed by atoms with E-state index in [1.165, 1.54) is 17.9 Å². The Kier molecular flexibility index (Phi) is 5.32. The topological polar surface area (TPSA) is 17.1 Å². The number of ketones is 1. The zero-order valence-electron chi connectivity index (χ0n) is 15.3. The summed E-state index contributed by atoms with van der Waals surface area (Å²) in [6.45, 7) is 0. The van der Waals surface area contributed by atoms with Gasteiger partial charge in [-0.1, -0.05) is 99.6 Å². The zero-order valence-corrected chi connectivity index (χ0v) is 16.3. The highest BCUT2D eigenvalue weighted by Crippen LogP contribution is 2.43. The van der Waals surface area contributed by atoms with E-state index < -0.39 is 5.41 Å². The second kappa shape index (κ2) is 8.03. The Hall–Kier alpha value is -2.50. The van der Waals surface area contributed by atoms with Crippen LogP contribution in [-0.4, -0.2) is 11.9 Å². The molecule has 3 aromatic rings. The van der Waals surface area contributed by atoms with E-state index in [1.54, 1.807) is 0 Å². The van der Waals surface area contributed by atoms with E-state index in [1.807, 2.05) is 60.7 Å². The highest BCUT2D eigenvalue weighted by Gasteiger charge is 2.42. The van der Waals surface area contributed by atoms with Gasteiger partial charge in [-0.3, -0.25) is 4.79 Å². The maximum absolute atomic E-state index is 14.0. The molecule has 0 aromatic heterocycles. The molecule has 0 bridgehead atoms. The molecule has 1 nitrogen and oxygen atoms in total. The first kappa shape index (κ1) is 17.9. The first-order valence-electron chi connectivity index (χ1n) is 9.47. The summed E-state index contributed by atoms with van der Waals surface area (Å²) in [5, 5.41) is 1.31. The van der Waals surface area contributed by atoms with E-state index in [0.717, 1.165) is 31.7 Å². The van der Waals surface area contributed by atoms with E-state index in [2.05, 4.69) is 36.4 Å². The summed E-state index contributed by atoms with van der Waals surface area (Å²) in [7, 11) is 0.785. The molecule has 0 spiro atoms. The summed E-state index contributed by atoms with van der Waals surface area (Å²) in [6.07, 6.45) is 5.41. The van der Waals surface area contributed by atoms with Crippen molar-refractivity contribution >= 4 is 14.4 Å². The normalized spacial score (nSPS) is 16.7. The van der Waals surface area contributed by atoms with Crippen molar-refractivity contribution in [3.63, 3.8) is 0 Å². The summed E-state index contributed by atoms with van der Waals surface area (Å²) in [5.74, 6) is 0.163. The standard InChI is InChI=1S/C25H23OP/c26-24(19-23-17-10-18-27-23)25(20-11-4-1-5-12-20,21-13-6-2-7-14-21)22-15-8-3-9-16-22/h1-9,11-16,19,27H,10,17-18H2. The highest BCUT2D eigenvalue weighted by molar-refractivity contribution is 7.43. The second-order valence-corrected chi connectivity index (χ2v) is 8.41. The smallest absolute Gasteiger partial charge is 0.175 e. The fraction of sp³-hybridized carbons (Fsp3) is 0.160. The van der Waals surface area contributed by atoms with E-state index in [-0.39, 0.29) is 5.78 Å². The lowest BCUT2D eigenvalue weighted by atomic mass is 9.66. The molecule has 0 N–H and O–H groups in total. The van der Waals surface area contributed by atoms with Gasteiger partial charge in [0.15, 0.2) is 5.78 Å². The molecule has 3 aromatic carbocycles. The van der Waals surface area contributed by atoms with Crippen molar-refractivity contribution in [1.29, 1.82) is 0 Å². The SMILES string of the molecule is O=C(C=C1CCCP1)C(c1ccccc1)(c1ccccc1)c1ccccc1. The molecule has 0 saturated carbocycles. The predicted molar refractivity (Wildman–Crippen MR) is 115 cm³/mol. The third-order valence-corrected chi connectivity index (χ3v) is 6.72. The zero-order chi connectivity index (χ0) is 18.5. The fourth-order valence-corrected chi connectivity index (χ4v) is 5.26. The van der Waals surface area contributed by atoms with Gasteiger partial charge in [0.05, 0.1) is 0 Å². The molecule has 27 heavy (non-hydrogen) atoms. The lowest BCUT2D eigenvalue weighted by molar-refractivity contribution is -0.117. The molecule has 1 aliphatic heterocycles. The Morgan fingerprint density at radius 1 is 0.741 bits per heavy atom. The minimum absolute atomic E-state index is 0.163. The van der Waals surface area contributed by atoms with Gasteiger partial charge < -0.3 is 0 Å². The lowest BCUT2D eigenvalue weighted by Crippen LogP contribution is -2.37. The molecule has 1 aliphatic rings. The monoisotopic (exact) mass is 370 g/mol. The average Bonchev–Trinajstić information content (AvgIpc) is 3.24. The first-order chi connectivity index (χ1) is 13.3. The van der Waals surface area contributed by atoms with Gasteiger partial charge in [-0.25, -0.2) is 0 Å². The number of hydrogen-bond donors (Lipinski definition) is 0. The van der Waals surface area contributed by atoms with Crippen LogP contribution in [0.3, 0.4) is 0 Å². The molecular formula is C25H23OP. The van der Waals surface area contributed by atoms with Crippen molar-refractivity contribution in [2.24, 2.45) is 0 Å². The third kappa shape index (κ3) is 3.40. The van der Waals surface area contributed by atoms with Crippen molar-refractivity contribution in [2.75, 3.05) is 6.16 Å². The largest absolute Gasteiger partial charge is 0.293 e. The molecule has 1 heterocycles. The summed E-state index contributed by atoms with van der Waals surface area (Å²) >= 11 is 0. The quantitative estimate of drug-likeness (QED) is 0.308. The van der Waals surface area contributed by atoms with Crippen LogP contribution < -0.4 is 0 Å². The number of carbonyl (C=O) groups excluding carboxylic acids is 1. The van der Waals surface area contributed by atoms with Crippen LogP contribution in [-0.2, 0) is 10.2 Å². The van der Waals surface area contributed by atoms with E-state index in [0.29, 0.717) is 0 Å². The van der Waals surface area contributed by atoms with Crippen LogP contribution in [0.1, 0.15) is 29.5 Å². The van der Waals surface area contributed by atoms with Gasteiger partial charge in [-0.05, 0) is 47.1 Å². The Bertz CT molecular complexity index is 825. The van der Waals surface area contributed by atoms with Crippen LogP contribution in [0.2, 0.25) is 0 Å². The van der Waals surface area contributed by atoms with Crippen molar-refractivity contribution < 1.29 is 4.79 Å². The first-order valence-corrected chi connectivity index (χ1v) is 10.7. The van der Waals surface area contributed by atoms with Gasteiger partial charge in [0.2, 0.25) is 0 Å². The van der Waals surface area contributed by atoms with Crippen LogP contribution in [0.25, 0.3) is 0 Å². The van der Waals surface area contributed by atoms with Crippen molar-refractivity contribution in [3.8, 4) is 0 Å². The lowest BCUT2D eigenvalue weighted by Gasteiger charge is -2.33. The van der Waals surface area contributed by atoms with E-state index in [4.69, 9.17) is 0 Å². The van der Waals surface area contributed by atoms with Gasteiger partial charge in [0, 0.05) is 0 Å². The van der Waals surface area contributed by atoms with Crippen LogP contribution in [0.15, 0.2) is 102 Å².